The number of carbonyl (C=O) groups excluding carboxylic acids is 1. The zero-order chi connectivity index (χ0) is 19.0. The number of aromatic amines is 1. The number of nitrogens with two attached hydrogens (primary N) is 1. The van der Waals surface area contributed by atoms with E-state index >= 15 is 0 Å². The molecule has 154 valence electrons. The van der Waals surface area contributed by atoms with Gasteiger partial charge in [-0.1, -0.05) is 6.42 Å². The monoisotopic (exact) mass is 427 g/mol. The molecule has 3 heterocycles. The van der Waals surface area contributed by atoms with Gasteiger partial charge in [-0.2, -0.15) is 4.31 Å². The molecule has 1 aliphatic heterocycles. The topological polar surface area (TPSA) is 112 Å². The van der Waals surface area contributed by atoms with Crippen molar-refractivity contribution in [2.75, 3.05) is 26.2 Å². The maximum absolute atomic E-state index is 13.0. The first-order valence-electron chi connectivity index (χ1n) is 9.43. The molecule has 2 atom stereocenters. The SMILES string of the molecule is Cl.NC1CCCC(C(=O)N2CCN(S(=O)(=O)c3c[nH]c4ncccc34)CC2)C1. The molecule has 0 bridgehead atoms. The molecular weight excluding hydrogens is 402 g/mol. The van der Waals surface area contributed by atoms with Gasteiger partial charge in [0.05, 0.1) is 0 Å². The summed E-state index contributed by atoms with van der Waals surface area (Å²) in [5.74, 6) is 0.107. The highest BCUT2D eigenvalue weighted by atomic mass is 35.5. The minimum absolute atomic E-state index is 0. The van der Waals surface area contributed by atoms with E-state index < -0.39 is 10.0 Å². The molecule has 1 amide bonds. The Labute approximate surface area is 170 Å². The fraction of sp³-hybridized carbons (Fsp3) is 0.556. The summed E-state index contributed by atoms with van der Waals surface area (Å²) in [6.07, 6.45) is 6.70. The molecule has 0 spiro atoms. The first-order chi connectivity index (χ1) is 13.0. The summed E-state index contributed by atoms with van der Waals surface area (Å²) in [4.78, 5) is 21.9. The predicted molar refractivity (Wildman–Crippen MR) is 109 cm³/mol. The van der Waals surface area contributed by atoms with Crippen LogP contribution >= 0.6 is 12.4 Å². The average Bonchev–Trinajstić information content (AvgIpc) is 3.12. The number of rotatable bonds is 3. The molecule has 2 aromatic heterocycles. The number of pyridine rings is 1. The maximum Gasteiger partial charge on any atom is 0.245 e. The number of H-pyrrole nitrogens is 1. The number of fused-ring (bicyclic) bond motifs is 1. The van der Waals surface area contributed by atoms with E-state index in [1.54, 1.807) is 23.2 Å². The third-order valence-electron chi connectivity index (χ3n) is 5.65. The van der Waals surface area contributed by atoms with Crippen LogP contribution in [0.3, 0.4) is 0 Å². The predicted octanol–water partition coefficient (Wildman–Crippen LogP) is 1.34. The third-order valence-corrected chi connectivity index (χ3v) is 7.58. The van der Waals surface area contributed by atoms with Gasteiger partial charge in [0.15, 0.2) is 0 Å². The number of nitrogens with one attached hydrogen (secondary N) is 1. The van der Waals surface area contributed by atoms with E-state index in [0.717, 1.165) is 25.7 Å². The Morgan fingerprint density at radius 3 is 2.68 bits per heavy atom. The zero-order valence-electron chi connectivity index (χ0n) is 15.6. The van der Waals surface area contributed by atoms with Gasteiger partial charge in [0.1, 0.15) is 10.5 Å². The lowest BCUT2D eigenvalue weighted by molar-refractivity contribution is -0.137. The third kappa shape index (κ3) is 3.89. The van der Waals surface area contributed by atoms with Gasteiger partial charge in [0.2, 0.25) is 15.9 Å². The normalized spacial score (nSPS) is 24.1. The van der Waals surface area contributed by atoms with Crippen LogP contribution in [0.5, 0.6) is 0 Å². The maximum atomic E-state index is 13.0. The first-order valence-corrected chi connectivity index (χ1v) is 10.9. The Balaban J connectivity index is 0.00000225. The second-order valence-corrected chi connectivity index (χ2v) is 9.31. The van der Waals surface area contributed by atoms with Gasteiger partial charge < -0.3 is 15.6 Å². The van der Waals surface area contributed by atoms with Crippen LogP contribution in [0.15, 0.2) is 29.4 Å². The van der Waals surface area contributed by atoms with E-state index in [-0.39, 0.29) is 35.2 Å². The van der Waals surface area contributed by atoms with Crippen LogP contribution in [0.2, 0.25) is 0 Å². The smallest absolute Gasteiger partial charge is 0.245 e. The fourth-order valence-electron chi connectivity index (χ4n) is 4.14. The van der Waals surface area contributed by atoms with Crippen LogP contribution in [-0.4, -0.2) is 65.7 Å². The summed E-state index contributed by atoms with van der Waals surface area (Å²) in [5, 5.41) is 0.590. The van der Waals surface area contributed by atoms with Crippen LogP contribution in [0.25, 0.3) is 11.0 Å². The number of aromatic nitrogens is 2. The summed E-state index contributed by atoms with van der Waals surface area (Å²) in [7, 11) is -3.62. The lowest BCUT2D eigenvalue weighted by Gasteiger charge is -2.37. The molecule has 2 aliphatic rings. The largest absolute Gasteiger partial charge is 0.345 e. The molecular formula is C18H26ClN5O3S. The number of nitrogens with zero attached hydrogens (tertiary/aromatic N) is 3. The molecule has 0 radical (unpaired) electrons. The highest BCUT2D eigenvalue weighted by Crippen LogP contribution is 2.27. The lowest BCUT2D eigenvalue weighted by atomic mass is 9.85. The van der Waals surface area contributed by atoms with Gasteiger partial charge in [0.25, 0.3) is 0 Å². The number of amides is 1. The van der Waals surface area contributed by atoms with E-state index in [1.165, 1.54) is 10.5 Å². The van der Waals surface area contributed by atoms with Crippen LogP contribution in [0.1, 0.15) is 25.7 Å². The molecule has 2 unspecified atom stereocenters. The quantitative estimate of drug-likeness (QED) is 0.767. The van der Waals surface area contributed by atoms with E-state index in [4.69, 9.17) is 5.73 Å². The summed E-state index contributed by atoms with van der Waals surface area (Å²) in [6, 6.07) is 3.57. The second kappa shape index (κ2) is 8.36. The second-order valence-electron chi connectivity index (χ2n) is 7.41. The summed E-state index contributed by atoms with van der Waals surface area (Å²) in [6.45, 7) is 1.45. The molecule has 4 rings (SSSR count). The Morgan fingerprint density at radius 1 is 1.21 bits per heavy atom. The summed E-state index contributed by atoms with van der Waals surface area (Å²) >= 11 is 0. The van der Waals surface area contributed by atoms with Gasteiger partial charge >= 0.3 is 0 Å². The molecule has 3 N–H and O–H groups in total. The van der Waals surface area contributed by atoms with Crippen LogP contribution in [0, 0.1) is 5.92 Å². The molecule has 8 nitrogen and oxygen atoms in total. The molecule has 1 saturated heterocycles. The van der Waals surface area contributed by atoms with Crippen LogP contribution in [-0.2, 0) is 14.8 Å². The van der Waals surface area contributed by atoms with Gasteiger partial charge in [-0.15, -0.1) is 12.4 Å². The summed E-state index contributed by atoms with van der Waals surface area (Å²) in [5.41, 5.74) is 6.56. The molecule has 10 heteroatoms. The highest BCUT2D eigenvalue weighted by Gasteiger charge is 2.34. The number of piperazine rings is 1. The molecule has 2 aromatic rings. The summed E-state index contributed by atoms with van der Waals surface area (Å²) < 4.78 is 27.5. The standard InChI is InChI=1S/C18H25N5O3S.ClH/c19-14-4-1-3-13(11-14)18(24)22-7-9-23(10-8-22)27(25,26)16-12-21-17-15(16)5-2-6-20-17;/h2,5-6,12-14H,1,3-4,7-11,19H2,(H,20,21);1H. The zero-order valence-corrected chi connectivity index (χ0v) is 17.2. The molecule has 1 aliphatic carbocycles. The van der Waals surface area contributed by atoms with E-state index in [2.05, 4.69) is 9.97 Å². The van der Waals surface area contributed by atoms with Crippen molar-refractivity contribution in [2.24, 2.45) is 11.7 Å². The van der Waals surface area contributed by atoms with Crippen molar-refractivity contribution < 1.29 is 13.2 Å². The van der Waals surface area contributed by atoms with Crippen LogP contribution in [0.4, 0.5) is 0 Å². The molecule has 1 saturated carbocycles. The van der Waals surface area contributed by atoms with Crippen molar-refractivity contribution in [1.29, 1.82) is 0 Å². The van der Waals surface area contributed by atoms with Crippen LogP contribution < -0.4 is 5.73 Å². The Kier molecular flexibility index (Phi) is 6.28. The minimum atomic E-state index is -3.62. The van der Waals surface area contributed by atoms with Crippen molar-refractivity contribution in [3.05, 3.63) is 24.5 Å². The molecule has 0 aromatic carbocycles. The number of halogens is 1. The molecule has 28 heavy (non-hydrogen) atoms. The number of sulfonamides is 1. The fourth-order valence-corrected chi connectivity index (χ4v) is 5.71. The number of hydrogen-bond acceptors (Lipinski definition) is 5. The Hall–Kier alpha value is -1.68. The Bertz CT molecular complexity index is 940. The van der Waals surface area contributed by atoms with Crippen molar-refractivity contribution in [3.63, 3.8) is 0 Å². The average molecular weight is 428 g/mol. The van der Waals surface area contributed by atoms with Crippen molar-refractivity contribution in [1.82, 2.24) is 19.2 Å². The lowest BCUT2D eigenvalue weighted by Crippen LogP contribution is -2.52. The molecule has 2 fully saturated rings. The number of hydrogen-bond donors (Lipinski definition) is 2. The van der Waals surface area contributed by atoms with Gasteiger partial charge in [0, 0.05) is 55.9 Å². The van der Waals surface area contributed by atoms with Crippen molar-refractivity contribution >= 4 is 39.4 Å². The van der Waals surface area contributed by atoms with Crippen molar-refractivity contribution in [2.45, 2.75) is 36.6 Å². The number of carbonyl (C=O) groups is 1. The van der Waals surface area contributed by atoms with Gasteiger partial charge in [-0.05, 0) is 31.4 Å². The van der Waals surface area contributed by atoms with E-state index in [9.17, 15) is 13.2 Å². The van der Waals surface area contributed by atoms with E-state index in [0.29, 0.717) is 37.2 Å². The van der Waals surface area contributed by atoms with Gasteiger partial charge in [-0.25, -0.2) is 13.4 Å². The van der Waals surface area contributed by atoms with Crippen molar-refractivity contribution in [3.8, 4) is 0 Å². The minimum Gasteiger partial charge on any atom is -0.345 e. The first kappa shape index (κ1) is 21.0. The Morgan fingerprint density at radius 2 is 1.96 bits per heavy atom. The van der Waals surface area contributed by atoms with Gasteiger partial charge in [-0.3, -0.25) is 4.79 Å². The van der Waals surface area contributed by atoms with E-state index in [1.807, 2.05) is 0 Å². The highest BCUT2D eigenvalue weighted by molar-refractivity contribution is 7.89.